The number of rotatable bonds is 7. The summed E-state index contributed by atoms with van der Waals surface area (Å²) in [7, 11) is 0. The van der Waals surface area contributed by atoms with Crippen LogP contribution in [-0.4, -0.2) is 40.0 Å². The molecule has 1 aliphatic rings. The molecule has 0 unspecified atom stereocenters. The number of piperidine rings is 1. The fourth-order valence-corrected chi connectivity index (χ4v) is 4.58. The number of nitrogens with one attached hydrogen (secondary N) is 2. The first kappa shape index (κ1) is 22.1. The lowest BCUT2D eigenvalue weighted by Crippen LogP contribution is -2.40. The summed E-state index contributed by atoms with van der Waals surface area (Å²) in [6, 6.07) is 15.4. The highest BCUT2D eigenvalue weighted by molar-refractivity contribution is 5.96. The fourth-order valence-electron chi connectivity index (χ4n) is 4.58. The summed E-state index contributed by atoms with van der Waals surface area (Å²) in [6.45, 7) is 5.20. The van der Waals surface area contributed by atoms with Crippen molar-refractivity contribution in [2.45, 2.75) is 39.2 Å². The highest BCUT2D eigenvalue weighted by Gasteiger charge is 2.32. The molecule has 2 aromatic carbocycles. The summed E-state index contributed by atoms with van der Waals surface area (Å²) in [5.41, 5.74) is 3.64. The van der Waals surface area contributed by atoms with Crippen molar-refractivity contribution < 1.29 is 14.7 Å². The molecule has 3 N–H and O–H groups in total. The molecule has 1 aliphatic heterocycles. The zero-order valence-electron chi connectivity index (χ0n) is 18.7. The molecule has 1 aromatic heterocycles. The van der Waals surface area contributed by atoms with Crippen molar-refractivity contribution in [1.29, 1.82) is 0 Å². The average molecular weight is 434 g/mol. The Morgan fingerprint density at radius 2 is 1.84 bits per heavy atom. The standard InChI is InChI=1S/C26H31N3O3/c1-17(2)25(30)28-20-8-9-23-21(15-20)22(16-27-23)24(26(31)32)29-12-10-19(11-13-29)14-18-6-4-3-5-7-18/h3-9,15-17,19,24,27H,10-14H2,1-2H3,(H,28,30)(H,31,32)/t24-/m1/s1. The zero-order valence-corrected chi connectivity index (χ0v) is 18.7. The molecule has 3 aromatic rings. The quantitative estimate of drug-likeness (QED) is 0.498. The molecule has 0 bridgehead atoms. The normalized spacial score (nSPS) is 16.3. The van der Waals surface area contributed by atoms with Crippen LogP contribution in [0.15, 0.2) is 54.7 Å². The van der Waals surface area contributed by atoms with Crippen molar-refractivity contribution in [3.05, 3.63) is 65.9 Å². The maximum absolute atomic E-state index is 12.3. The van der Waals surface area contributed by atoms with Crippen molar-refractivity contribution in [1.82, 2.24) is 9.88 Å². The molecule has 4 rings (SSSR count). The lowest BCUT2D eigenvalue weighted by molar-refractivity contribution is -0.144. The molecule has 0 spiro atoms. The monoisotopic (exact) mass is 433 g/mol. The largest absolute Gasteiger partial charge is 0.480 e. The predicted octanol–water partition coefficient (Wildman–Crippen LogP) is 4.84. The lowest BCUT2D eigenvalue weighted by Gasteiger charge is -2.35. The van der Waals surface area contributed by atoms with Gasteiger partial charge in [0.15, 0.2) is 0 Å². The Bertz CT molecular complexity index is 1080. The first-order valence-electron chi connectivity index (χ1n) is 11.3. The second kappa shape index (κ2) is 9.57. The van der Waals surface area contributed by atoms with E-state index in [-0.39, 0.29) is 11.8 Å². The number of fused-ring (bicyclic) bond motifs is 1. The van der Waals surface area contributed by atoms with Crippen LogP contribution in [0.5, 0.6) is 0 Å². The van der Waals surface area contributed by atoms with Crippen molar-refractivity contribution in [3.63, 3.8) is 0 Å². The van der Waals surface area contributed by atoms with Gasteiger partial charge in [-0.1, -0.05) is 44.2 Å². The van der Waals surface area contributed by atoms with Crippen LogP contribution in [-0.2, 0) is 16.0 Å². The van der Waals surface area contributed by atoms with Crippen LogP contribution in [0.2, 0.25) is 0 Å². The van der Waals surface area contributed by atoms with Gasteiger partial charge < -0.3 is 15.4 Å². The van der Waals surface area contributed by atoms with Crippen molar-refractivity contribution in [3.8, 4) is 0 Å². The smallest absolute Gasteiger partial charge is 0.325 e. The number of H-pyrrole nitrogens is 1. The summed E-state index contributed by atoms with van der Waals surface area (Å²) in [4.78, 5) is 29.7. The summed E-state index contributed by atoms with van der Waals surface area (Å²) >= 11 is 0. The summed E-state index contributed by atoms with van der Waals surface area (Å²) in [5, 5.41) is 13.9. The van der Waals surface area contributed by atoms with Gasteiger partial charge >= 0.3 is 5.97 Å². The number of hydrogen-bond donors (Lipinski definition) is 3. The number of amides is 1. The molecule has 1 amide bonds. The van der Waals surface area contributed by atoms with Crippen LogP contribution < -0.4 is 5.32 Å². The van der Waals surface area contributed by atoms with Gasteiger partial charge in [0.2, 0.25) is 5.91 Å². The Hall–Kier alpha value is -3.12. The fraction of sp³-hybridized carbons (Fsp3) is 0.385. The number of likely N-dealkylation sites (tertiary alicyclic amines) is 1. The lowest BCUT2D eigenvalue weighted by atomic mass is 9.89. The van der Waals surface area contributed by atoms with Gasteiger partial charge in [0, 0.05) is 34.3 Å². The van der Waals surface area contributed by atoms with Crippen LogP contribution in [0, 0.1) is 11.8 Å². The first-order chi connectivity index (χ1) is 15.4. The number of aromatic amines is 1. The third-order valence-corrected chi connectivity index (χ3v) is 6.42. The number of aliphatic carboxylic acids is 1. The van der Waals surface area contributed by atoms with E-state index in [1.54, 1.807) is 6.20 Å². The van der Waals surface area contributed by atoms with E-state index in [1.807, 2.05) is 38.1 Å². The molecule has 0 saturated carbocycles. The second-order valence-corrected chi connectivity index (χ2v) is 9.06. The van der Waals surface area contributed by atoms with E-state index < -0.39 is 12.0 Å². The number of benzene rings is 2. The van der Waals surface area contributed by atoms with E-state index in [4.69, 9.17) is 0 Å². The number of nitrogens with zero attached hydrogens (tertiary/aromatic N) is 1. The Kier molecular flexibility index (Phi) is 6.61. The minimum Gasteiger partial charge on any atom is -0.480 e. The molecular formula is C26H31N3O3. The number of aromatic nitrogens is 1. The Morgan fingerprint density at radius 3 is 2.50 bits per heavy atom. The molecule has 6 nitrogen and oxygen atoms in total. The van der Waals surface area contributed by atoms with Gasteiger partial charge in [-0.15, -0.1) is 0 Å². The van der Waals surface area contributed by atoms with Gasteiger partial charge in [-0.25, -0.2) is 0 Å². The molecule has 2 heterocycles. The maximum atomic E-state index is 12.3. The number of carbonyl (C=O) groups excluding carboxylic acids is 1. The highest BCUT2D eigenvalue weighted by atomic mass is 16.4. The average Bonchev–Trinajstić information content (AvgIpc) is 3.18. The van der Waals surface area contributed by atoms with Crippen LogP contribution in [0.3, 0.4) is 0 Å². The van der Waals surface area contributed by atoms with E-state index in [1.165, 1.54) is 5.56 Å². The SMILES string of the molecule is CC(C)C(=O)Nc1ccc2[nH]cc([C@H](C(=O)O)N3CCC(Cc4ccccc4)CC3)c2c1. The van der Waals surface area contributed by atoms with Crippen molar-refractivity contribution in [2.24, 2.45) is 11.8 Å². The van der Waals surface area contributed by atoms with E-state index in [0.717, 1.165) is 48.8 Å². The van der Waals surface area contributed by atoms with Crippen LogP contribution in [0.25, 0.3) is 10.9 Å². The van der Waals surface area contributed by atoms with Gasteiger partial charge in [-0.05, 0) is 62.0 Å². The predicted molar refractivity (Wildman–Crippen MR) is 127 cm³/mol. The third kappa shape index (κ3) is 4.86. The molecule has 1 atom stereocenters. The van der Waals surface area contributed by atoms with Gasteiger partial charge in [0.1, 0.15) is 6.04 Å². The number of hydrogen-bond acceptors (Lipinski definition) is 3. The summed E-state index contributed by atoms with van der Waals surface area (Å²) in [6.07, 6.45) is 4.80. The van der Waals surface area contributed by atoms with Gasteiger partial charge in [-0.2, -0.15) is 0 Å². The number of carboxylic acid groups (broad SMARTS) is 1. The molecule has 32 heavy (non-hydrogen) atoms. The van der Waals surface area contributed by atoms with Crippen molar-refractivity contribution in [2.75, 3.05) is 18.4 Å². The number of carboxylic acids is 1. The van der Waals surface area contributed by atoms with E-state index >= 15 is 0 Å². The molecule has 1 saturated heterocycles. The van der Waals surface area contributed by atoms with E-state index in [0.29, 0.717) is 11.6 Å². The van der Waals surface area contributed by atoms with E-state index in [2.05, 4.69) is 39.5 Å². The van der Waals surface area contributed by atoms with E-state index in [9.17, 15) is 14.7 Å². The van der Waals surface area contributed by atoms with Crippen LogP contribution >= 0.6 is 0 Å². The molecule has 0 aliphatic carbocycles. The van der Waals surface area contributed by atoms with Crippen LogP contribution in [0.1, 0.15) is 43.9 Å². The molecule has 6 heteroatoms. The Morgan fingerprint density at radius 1 is 1.12 bits per heavy atom. The summed E-state index contributed by atoms with van der Waals surface area (Å²) < 4.78 is 0. The molecular weight excluding hydrogens is 402 g/mol. The molecule has 1 fully saturated rings. The maximum Gasteiger partial charge on any atom is 0.325 e. The minimum atomic E-state index is -0.843. The third-order valence-electron chi connectivity index (χ3n) is 6.42. The van der Waals surface area contributed by atoms with Gasteiger partial charge in [0.25, 0.3) is 0 Å². The minimum absolute atomic E-state index is 0.0586. The Balaban J connectivity index is 1.51. The summed E-state index contributed by atoms with van der Waals surface area (Å²) in [5.74, 6) is -0.454. The molecule has 168 valence electrons. The van der Waals surface area contributed by atoms with Gasteiger partial charge in [-0.3, -0.25) is 14.5 Å². The number of carbonyl (C=O) groups is 2. The van der Waals surface area contributed by atoms with Crippen LogP contribution in [0.4, 0.5) is 5.69 Å². The molecule has 0 radical (unpaired) electrons. The number of anilines is 1. The van der Waals surface area contributed by atoms with Gasteiger partial charge in [0.05, 0.1) is 0 Å². The first-order valence-corrected chi connectivity index (χ1v) is 11.3. The van der Waals surface area contributed by atoms with Crippen molar-refractivity contribution >= 4 is 28.5 Å². The second-order valence-electron chi connectivity index (χ2n) is 9.06. The Labute approximate surface area is 188 Å². The topological polar surface area (TPSA) is 85.4 Å². The highest BCUT2D eigenvalue weighted by Crippen LogP contribution is 2.34. The zero-order chi connectivity index (χ0) is 22.7.